The van der Waals surface area contributed by atoms with Crippen LogP contribution in [0.4, 0.5) is 0 Å². The predicted molar refractivity (Wildman–Crippen MR) is 39.5 cm³/mol. The zero-order valence-corrected chi connectivity index (χ0v) is 6.93. The zero-order valence-electron chi connectivity index (χ0n) is 4.60. The van der Waals surface area contributed by atoms with Crippen LogP contribution in [0.2, 0.25) is 0 Å². The van der Waals surface area contributed by atoms with Gasteiger partial charge >= 0.3 is 0 Å². The van der Waals surface area contributed by atoms with E-state index in [2.05, 4.69) is 6.58 Å². The van der Waals surface area contributed by atoms with Crippen LogP contribution in [0.25, 0.3) is 0 Å². The fourth-order valence-corrected chi connectivity index (χ4v) is 1.54. The van der Waals surface area contributed by atoms with Gasteiger partial charge in [-0.2, -0.15) is 0 Å². The van der Waals surface area contributed by atoms with Gasteiger partial charge in [0.15, 0.2) is 0 Å². The standard InChI is InChI=1S/C4H6Cl2O2S/c1-4(2-5)3-9(6,7)8/h1-3H2. The molecule has 0 N–H and O–H groups in total. The molecule has 0 saturated carbocycles. The van der Waals surface area contributed by atoms with Crippen molar-refractivity contribution in [2.45, 2.75) is 0 Å². The average molecular weight is 189 g/mol. The van der Waals surface area contributed by atoms with Gasteiger partial charge in [-0.05, 0) is 5.57 Å². The van der Waals surface area contributed by atoms with Gasteiger partial charge in [-0.15, -0.1) is 11.6 Å². The molecular formula is C4H6Cl2O2S. The van der Waals surface area contributed by atoms with Crippen LogP contribution in [0, 0.1) is 0 Å². The molecule has 0 saturated heterocycles. The van der Waals surface area contributed by atoms with Crippen molar-refractivity contribution in [1.29, 1.82) is 0 Å². The van der Waals surface area contributed by atoms with Crippen LogP contribution in [0.1, 0.15) is 0 Å². The van der Waals surface area contributed by atoms with Gasteiger partial charge in [-0.3, -0.25) is 0 Å². The Kier molecular flexibility index (Phi) is 3.54. The Bertz CT molecular complexity index is 195. The van der Waals surface area contributed by atoms with Crippen LogP contribution in [0.15, 0.2) is 12.2 Å². The van der Waals surface area contributed by atoms with Crippen LogP contribution in [0.5, 0.6) is 0 Å². The summed E-state index contributed by atoms with van der Waals surface area (Å²) in [6.07, 6.45) is 0. The normalized spacial score (nSPS) is 11.3. The van der Waals surface area contributed by atoms with Crippen molar-refractivity contribution < 1.29 is 8.42 Å². The van der Waals surface area contributed by atoms with Crippen molar-refractivity contribution in [3.05, 3.63) is 12.2 Å². The minimum Gasteiger partial charge on any atom is -0.212 e. The molecule has 0 heterocycles. The molecule has 0 unspecified atom stereocenters. The molecule has 2 nitrogen and oxygen atoms in total. The fourth-order valence-electron chi connectivity index (χ4n) is 0.282. The number of halogens is 2. The highest BCUT2D eigenvalue weighted by Crippen LogP contribution is 2.03. The van der Waals surface area contributed by atoms with Gasteiger partial charge in [-0.25, -0.2) is 8.42 Å². The van der Waals surface area contributed by atoms with E-state index >= 15 is 0 Å². The van der Waals surface area contributed by atoms with E-state index in [1.165, 1.54) is 0 Å². The first kappa shape index (κ1) is 9.27. The molecule has 0 aromatic carbocycles. The van der Waals surface area contributed by atoms with Crippen molar-refractivity contribution in [2.75, 3.05) is 11.6 Å². The lowest BCUT2D eigenvalue weighted by Gasteiger charge is -1.93. The van der Waals surface area contributed by atoms with E-state index in [4.69, 9.17) is 22.3 Å². The molecule has 0 bridgehead atoms. The fraction of sp³-hybridized carbons (Fsp3) is 0.500. The van der Waals surface area contributed by atoms with E-state index < -0.39 is 9.05 Å². The third kappa shape index (κ3) is 6.15. The number of rotatable bonds is 3. The number of hydrogen-bond donors (Lipinski definition) is 0. The predicted octanol–water partition coefficient (Wildman–Crippen LogP) is 1.35. The summed E-state index contributed by atoms with van der Waals surface area (Å²) in [5, 5.41) is 0. The Morgan fingerprint density at radius 3 is 2.11 bits per heavy atom. The molecular weight excluding hydrogens is 183 g/mol. The second-order valence-electron chi connectivity index (χ2n) is 1.57. The highest BCUT2D eigenvalue weighted by Gasteiger charge is 2.05. The van der Waals surface area contributed by atoms with Crippen LogP contribution in [0.3, 0.4) is 0 Å². The first-order valence-electron chi connectivity index (χ1n) is 2.10. The molecule has 0 aromatic rings. The van der Waals surface area contributed by atoms with Crippen molar-refractivity contribution in [3.63, 3.8) is 0 Å². The zero-order chi connectivity index (χ0) is 7.49. The van der Waals surface area contributed by atoms with E-state index in [0.717, 1.165) is 0 Å². The summed E-state index contributed by atoms with van der Waals surface area (Å²) in [5.74, 6) is -0.107. The molecule has 0 rings (SSSR count). The van der Waals surface area contributed by atoms with Gasteiger partial charge in [0.05, 0.1) is 5.75 Å². The summed E-state index contributed by atoms with van der Waals surface area (Å²) in [7, 11) is 1.41. The second kappa shape index (κ2) is 3.44. The topological polar surface area (TPSA) is 34.1 Å². The highest BCUT2D eigenvalue weighted by atomic mass is 35.7. The lowest BCUT2D eigenvalue weighted by atomic mass is 10.4. The van der Waals surface area contributed by atoms with Crippen LogP contribution in [-0.2, 0) is 9.05 Å². The minimum atomic E-state index is -3.45. The SMILES string of the molecule is C=C(CCl)CS(=O)(=O)Cl. The largest absolute Gasteiger partial charge is 0.236 e. The van der Waals surface area contributed by atoms with Gasteiger partial charge in [0.25, 0.3) is 0 Å². The maximum atomic E-state index is 10.2. The minimum absolute atomic E-state index is 0.131. The van der Waals surface area contributed by atoms with Crippen LogP contribution < -0.4 is 0 Å². The van der Waals surface area contributed by atoms with Gasteiger partial charge in [0.1, 0.15) is 0 Å². The summed E-state index contributed by atoms with van der Waals surface area (Å²) in [4.78, 5) is 0. The molecule has 0 fully saturated rings. The molecule has 0 aliphatic heterocycles. The van der Waals surface area contributed by atoms with E-state index in [0.29, 0.717) is 5.57 Å². The summed E-state index contributed by atoms with van der Waals surface area (Å²) >= 11 is 5.24. The van der Waals surface area contributed by atoms with Gasteiger partial charge in [-0.1, -0.05) is 6.58 Å². The first-order chi connectivity index (χ1) is 3.95. The molecule has 5 heteroatoms. The molecule has 54 valence electrons. The Balaban J connectivity index is 3.91. The van der Waals surface area contributed by atoms with Gasteiger partial charge in [0.2, 0.25) is 9.05 Å². The molecule has 0 aliphatic rings. The number of alkyl halides is 1. The van der Waals surface area contributed by atoms with Crippen molar-refractivity contribution in [3.8, 4) is 0 Å². The molecule has 0 spiro atoms. The highest BCUT2D eigenvalue weighted by molar-refractivity contribution is 8.13. The molecule has 0 aliphatic carbocycles. The van der Waals surface area contributed by atoms with Crippen LogP contribution in [-0.4, -0.2) is 20.1 Å². The summed E-state index contributed by atoms with van der Waals surface area (Å²) < 4.78 is 20.5. The third-order valence-electron chi connectivity index (χ3n) is 0.566. The van der Waals surface area contributed by atoms with E-state index in [-0.39, 0.29) is 11.6 Å². The Labute approximate surface area is 63.9 Å². The quantitative estimate of drug-likeness (QED) is 0.381. The van der Waals surface area contributed by atoms with Crippen LogP contribution >= 0.6 is 22.3 Å². The number of hydrogen-bond acceptors (Lipinski definition) is 2. The maximum Gasteiger partial charge on any atom is 0.236 e. The molecule has 0 aromatic heterocycles. The monoisotopic (exact) mass is 188 g/mol. The van der Waals surface area contributed by atoms with Crippen molar-refractivity contribution >= 4 is 31.3 Å². The molecule has 9 heavy (non-hydrogen) atoms. The smallest absolute Gasteiger partial charge is 0.212 e. The molecule has 0 atom stereocenters. The maximum absolute atomic E-state index is 10.2. The first-order valence-corrected chi connectivity index (χ1v) is 5.12. The van der Waals surface area contributed by atoms with E-state index in [9.17, 15) is 8.42 Å². The second-order valence-corrected chi connectivity index (χ2v) is 4.61. The average Bonchev–Trinajstić information content (AvgIpc) is 1.62. The Morgan fingerprint density at radius 2 is 2.00 bits per heavy atom. The van der Waals surface area contributed by atoms with E-state index in [1.807, 2.05) is 0 Å². The lowest BCUT2D eigenvalue weighted by Crippen LogP contribution is -2.00. The van der Waals surface area contributed by atoms with Gasteiger partial charge < -0.3 is 0 Å². The summed E-state index contributed by atoms with van der Waals surface area (Å²) in [6, 6.07) is 0. The Morgan fingerprint density at radius 1 is 1.56 bits per heavy atom. The van der Waals surface area contributed by atoms with Crippen molar-refractivity contribution in [1.82, 2.24) is 0 Å². The lowest BCUT2D eigenvalue weighted by molar-refractivity contribution is 0.611. The molecule has 0 amide bonds. The summed E-state index contributed by atoms with van der Waals surface area (Å²) in [5.41, 5.74) is 0.409. The van der Waals surface area contributed by atoms with Crippen molar-refractivity contribution in [2.24, 2.45) is 0 Å². The third-order valence-corrected chi connectivity index (χ3v) is 2.02. The van der Waals surface area contributed by atoms with Gasteiger partial charge in [0, 0.05) is 16.6 Å². The molecule has 0 radical (unpaired) electrons. The van der Waals surface area contributed by atoms with E-state index in [1.54, 1.807) is 0 Å². The summed E-state index contributed by atoms with van der Waals surface area (Å²) in [6.45, 7) is 3.36. The Hall–Kier alpha value is 0.270.